The highest BCUT2D eigenvalue weighted by molar-refractivity contribution is 6.01. The summed E-state index contributed by atoms with van der Waals surface area (Å²) in [4.78, 5) is 27.1. The average Bonchev–Trinajstić information content (AvgIpc) is 2.80. The number of amides is 2. The van der Waals surface area contributed by atoms with Crippen LogP contribution in [0.5, 0.6) is 0 Å². The number of carbonyl (C=O) groups excluding carboxylic acids is 2. The fourth-order valence-electron chi connectivity index (χ4n) is 3.42. The summed E-state index contributed by atoms with van der Waals surface area (Å²) in [5.41, 5.74) is 2.60. The summed E-state index contributed by atoms with van der Waals surface area (Å²) in [6, 6.07) is 13.3. The van der Waals surface area contributed by atoms with Crippen LogP contribution in [0, 0.1) is 5.82 Å². The number of benzene rings is 2. The van der Waals surface area contributed by atoms with Gasteiger partial charge in [0.25, 0.3) is 0 Å². The Morgan fingerprint density at radius 3 is 2.77 bits per heavy atom. The average molecular weight is 354 g/mol. The number of hydrogen-bond acceptors (Lipinski definition) is 2. The summed E-state index contributed by atoms with van der Waals surface area (Å²) in [6.07, 6.45) is 2.56. The first kappa shape index (κ1) is 18.1. The molecule has 3 rings (SSSR count). The lowest BCUT2D eigenvalue weighted by molar-refractivity contribution is -0.126. The van der Waals surface area contributed by atoms with Crippen LogP contribution in [0.1, 0.15) is 37.3 Å². The fraction of sp³-hybridized carbons (Fsp3) is 0.333. The number of halogens is 1. The van der Waals surface area contributed by atoms with Crippen molar-refractivity contribution in [3.05, 3.63) is 65.5 Å². The smallest absolute Gasteiger partial charge is 0.243 e. The number of anilines is 1. The van der Waals surface area contributed by atoms with Gasteiger partial charge in [0.1, 0.15) is 11.9 Å². The van der Waals surface area contributed by atoms with E-state index in [2.05, 4.69) is 5.32 Å². The van der Waals surface area contributed by atoms with E-state index in [-0.39, 0.29) is 24.2 Å². The van der Waals surface area contributed by atoms with Crippen molar-refractivity contribution in [1.82, 2.24) is 5.32 Å². The maximum Gasteiger partial charge on any atom is 0.243 e. The molecule has 0 aromatic heterocycles. The standard InChI is InChI=1S/C21H23FN2O2/c1-2-18(21(26)23-14-15-7-5-10-17(22)13-15)24-19-11-4-3-8-16(19)9-6-12-20(24)25/h3-5,7-8,10-11,13,18H,2,6,9,12,14H2,1H3,(H,23,26). The highest BCUT2D eigenvalue weighted by Crippen LogP contribution is 2.29. The zero-order valence-electron chi connectivity index (χ0n) is 14.9. The van der Waals surface area contributed by atoms with Crippen molar-refractivity contribution in [2.24, 2.45) is 0 Å². The van der Waals surface area contributed by atoms with Crippen molar-refractivity contribution < 1.29 is 14.0 Å². The van der Waals surface area contributed by atoms with Crippen LogP contribution >= 0.6 is 0 Å². The highest BCUT2D eigenvalue weighted by Gasteiger charge is 2.32. The molecule has 136 valence electrons. The molecule has 1 atom stereocenters. The minimum absolute atomic E-state index is 0.0253. The Bertz CT molecular complexity index is 806. The van der Waals surface area contributed by atoms with E-state index in [1.165, 1.54) is 12.1 Å². The number of aryl methyl sites for hydroxylation is 1. The van der Waals surface area contributed by atoms with Gasteiger partial charge in [0.05, 0.1) is 0 Å². The predicted octanol–water partition coefficient (Wildman–Crippen LogP) is 3.59. The molecule has 2 aromatic rings. The van der Waals surface area contributed by atoms with E-state index in [0.29, 0.717) is 18.4 Å². The topological polar surface area (TPSA) is 49.4 Å². The van der Waals surface area contributed by atoms with Crippen molar-refractivity contribution in [1.29, 1.82) is 0 Å². The molecule has 2 amide bonds. The number of nitrogens with zero attached hydrogens (tertiary/aromatic N) is 1. The van der Waals surface area contributed by atoms with E-state index in [1.54, 1.807) is 17.0 Å². The lowest BCUT2D eigenvalue weighted by Crippen LogP contribution is -2.49. The molecule has 26 heavy (non-hydrogen) atoms. The van der Waals surface area contributed by atoms with E-state index in [9.17, 15) is 14.0 Å². The minimum Gasteiger partial charge on any atom is -0.350 e. The first-order valence-corrected chi connectivity index (χ1v) is 9.02. The van der Waals surface area contributed by atoms with Gasteiger partial charge in [0.2, 0.25) is 11.8 Å². The van der Waals surface area contributed by atoms with Crippen LogP contribution in [0.4, 0.5) is 10.1 Å². The maximum atomic E-state index is 13.3. The molecule has 0 radical (unpaired) electrons. The Kier molecular flexibility index (Phi) is 5.66. The molecule has 0 saturated carbocycles. The van der Waals surface area contributed by atoms with E-state index in [0.717, 1.165) is 24.1 Å². The van der Waals surface area contributed by atoms with Gasteiger partial charge in [0, 0.05) is 18.7 Å². The van der Waals surface area contributed by atoms with Crippen LogP contribution in [0.3, 0.4) is 0 Å². The van der Waals surface area contributed by atoms with E-state index < -0.39 is 6.04 Å². The molecule has 0 spiro atoms. The molecule has 1 N–H and O–H groups in total. The van der Waals surface area contributed by atoms with E-state index >= 15 is 0 Å². The normalized spacial score (nSPS) is 15.2. The van der Waals surface area contributed by atoms with Crippen molar-refractivity contribution in [3.63, 3.8) is 0 Å². The third-order valence-corrected chi connectivity index (χ3v) is 4.71. The summed E-state index contributed by atoms with van der Waals surface area (Å²) in [5.74, 6) is -0.579. The summed E-state index contributed by atoms with van der Waals surface area (Å²) in [5, 5.41) is 2.85. The molecule has 1 heterocycles. The zero-order chi connectivity index (χ0) is 18.5. The molecule has 1 unspecified atom stereocenters. The van der Waals surface area contributed by atoms with Crippen LogP contribution in [0.2, 0.25) is 0 Å². The second kappa shape index (κ2) is 8.13. The van der Waals surface area contributed by atoms with Gasteiger partial charge in [-0.15, -0.1) is 0 Å². The van der Waals surface area contributed by atoms with Gasteiger partial charge < -0.3 is 5.32 Å². The van der Waals surface area contributed by atoms with E-state index in [4.69, 9.17) is 0 Å². The number of nitrogens with one attached hydrogen (secondary N) is 1. The summed E-state index contributed by atoms with van der Waals surface area (Å²) < 4.78 is 13.3. The van der Waals surface area contributed by atoms with Gasteiger partial charge >= 0.3 is 0 Å². The van der Waals surface area contributed by atoms with Crippen LogP contribution in [0.25, 0.3) is 0 Å². The van der Waals surface area contributed by atoms with Crippen molar-refractivity contribution in [2.45, 2.75) is 45.2 Å². The molecule has 1 aliphatic rings. The van der Waals surface area contributed by atoms with Crippen LogP contribution in [0.15, 0.2) is 48.5 Å². The Morgan fingerprint density at radius 1 is 1.19 bits per heavy atom. The van der Waals surface area contributed by atoms with E-state index in [1.807, 2.05) is 31.2 Å². The first-order valence-electron chi connectivity index (χ1n) is 9.02. The van der Waals surface area contributed by atoms with Crippen LogP contribution in [-0.4, -0.2) is 17.9 Å². The summed E-state index contributed by atoms with van der Waals surface area (Å²) in [6.45, 7) is 2.13. The lowest BCUT2D eigenvalue weighted by atomic mass is 10.1. The van der Waals surface area contributed by atoms with Crippen LogP contribution < -0.4 is 10.2 Å². The van der Waals surface area contributed by atoms with Gasteiger partial charge in [-0.2, -0.15) is 0 Å². The van der Waals surface area contributed by atoms with Crippen LogP contribution in [-0.2, 0) is 22.6 Å². The molecule has 1 aliphatic heterocycles. The van der Waals surface area contributed by atoms with Crippen molar-refractivity contribution >= 4 is 17.5 Å². The number of fused-ring (bicyclic) bond motifs is 1. The molecule has 0 fully saturated rings. The molecule has 0 aliphatic carbocycles. The molecule has 0 bridgehead atoms. The van der Waals surface area contributed by atoms with Gasteiger partial charge in [0.15, 0.2) is 0 Å². The number of hydrogen-bond donors (Lipinski definition) is 1. The molecular formula is C21H23FN2O2. The Morgan fingerprint density at radius 2 is 2.00 bits per heavy atom. The SMILES string of the molecule is CCC(C(=O)NCc1cccc(F)c1)N1C(=O)CCCc2ccccc21. The predicted molar refractivity (Wildman–Crippen MR) is 99.2 cm³/mol. The number of rotatable bonds is 5. The Balaban J connectivity index is 1.80. The van der Waals surface area contributed by atoms with Gasteiger partial charge in [-0.1, -0.05) is 37.3 Å². The maximum absolute atomic E-state index is 13.3. The number of para-hydroxylation sites is 1. The molecule has 2 aromatic carbocycles. The van der Waals surface area contributed by atoms with Gasteiger partial charge in [-0.25, -0.2) is 4.39 Å². The summed E-state index contributed by atoms with van der Waals surface area (Å²) in [7, 11) is 0. The van der Waals surface area contributed by atoms with Gasteiger partial charge in [-0.3, -0.25) is 14.5 Å². The van der Waals surface area contributed by atoms with Gasteiger partial charge in [-0.05, 0) is 48.6 Å². The number of carbonyl (C=O) groups is 2. The third-order valence-electron chi connectivity index (χ3n) is 4.71. The highest BCUT2D eigenvalue weighted by atomic mass is 19.1. The molecule has 4 nitrogen and oxygen atoms in total. The second-order valence-electron chi connectivity index (χ2n) is 6.52. The molecule has 5 heteroatoms. The minimum atomic E-state index is -0.574. The lowest BCUT2D eigenvalue weighted by Gasteiger charge is -2.30. The quantitative estimate of drug-likeness (QED) is 0.892. The second-order valence-corrected chi connectivity index (χ2v) is 6.52. The van der Waals surface area contributed by atoms with Crippen molar-refractivity contribution in [2.75, 3.05) is 4.90 Å². The zero-order valence-corrected chi connectivity index (χ0v) is 14.9. The monoisotopic (exact) mass is 354 g/mol. The van der Waals surface area contributed by atoms with Crippen molar-refractivity contribution in [3.8, 4) is 0 Å². The molecule has 0 saturated heterocycles. The third kappa shape index (κ3) is 3.93. The Hall–Kier alpha value is -2.69. The fourth-order valence-corrected chi connectivity index (χ4v) is 3.42. The largest absolute Gasteiger partial charge is 0.350 e. The Labute approximate surface area is 153 Å². The molecular weight excluding hydrogens is 331 g/mol. The first-order chi connectivity index (χ1) is 12.6. The summed E-state index contributed by atoms with van der Waals surface area (Å²) >= 11 is 0.